The van der Waals surface area contributed by atoms with Crippen LogP contribution >= 0.6 is 23.8 Å². The molecule has 0 aliphatic rings. The predicted octanol–water partition coefficient (Wildman–Crippen LogP) is 2.58. The Kier molecular flexibility index (Phi) is 6.26. The number of nitrogens with zero attached hydrogens (tertiary/aromatic N) is 1. The van der Waals surface area contributed by atoms with E-state index in [1.807, 2.05) is 24.3 Å². The Morgan fingerprint density at radius 1 is 1.41 bits per heavy atom. The van der Waals surface area contributed by atoms with Crippen LogP contribution in [-0.4, -0.2) is 37.2 Å². The highest BCUT2D eigenvalue weighted by Gasteiger charge is 1.98. The molecular formula is C12H18ClN3S. The molecule has 94 valence electrons. The maximum absolute atomic E-state index is 5.88. The molecule has 0 aromatic heterocycles. The SMILES string of the molecule is CN(C)CCCNC(=S)Nc1cccc(Cl)c1. The Morgan fingerprint density at radius 3 is 2.82 bits per heavy atom. The molecule has 1 aromatic carbocycles. The molecular weight excluding hydrogens is 254 g/mol. The molecule has 0 fully saturated rings. The third kappa shape index (κ3) is 6.46. The van der Waals surface area contributed by atoms with E-state index < -0.39 is 0 Å². The summed E-state index contributed by atoms with van der Waals surface area (Å²) in [5.74, 6) is 0. The monoisotopic (exact) mass is 271 g/mol. The molecule has 0 atom stereocenters. The van der Waals surface area contributed by atoms with E-state index in [1.165, 1.54) is 0 Å². The lowest BCUT2D eigenvalue weighted by Crippen LogP contribution is -2.30. The molecule has 0 amide bonds. The zero-order valence-corrected chi connectivity index (χ0v) is 11.7. The van der Waals surface area contributed by atoms with Crippen LogP contribution in [0.1, 0.15) is 6.42 Å². The summed E-state index contributed by atoms with van der Waals surface area (Å²) in [4.78, 5) is 2.15. The Bertz CT molecular complexity index is 369. The smallest absolute Gasteiger partial charge is 0.170 e. The van der Waals surface area contributed by atoms with Gasteiger partial charge in [-0.15, -0.1) is 0 Å². The number of hydrogen-bond donors (Lipinski definition) is 2. The maximum Gasteiger partial charge on any atom is 0.170 e. The van der Waals surface area contributed by atoms with E-state index in [0.717, 1.165) is 25.2 Å². The van der Waals surface area contributed by atoms with Crippen molar-refractivity contribution in [1.29, 1.82) is 0 Å². The molecule has 0 unspecified atom stereocenters. The number of halogens is 1. The first-order valence-electron chi connectivity index (χ1n) is 5.53. The average molecular weight is 272 g/mol. The molecule has 2 N–H and O–H groups in total. The molecule has 0 saturated heterocycles. The molecule has 0 spiro atoms. The molecule has 0 aliphatic heterocycles. The highest BCUT2D eigenvalue weighted by molar-refractivity contribution is 7.80. The van der Waals surface area contributed by atoms with Crippen molar-refractivity contribution in [2.75, 3.05) is 32.5 Å². The van der Waals surface area contributed by atoms with E-state index in [2.05, 4.69) is 29.6 Å². The fraction of sp³-hybridized carbons (Fsp3) is 0.417. The lowest BCUT2D eigenvalue weighted by atomic mass is 10.3. The summed E-state index contributed by atoms with van der Waals surface area (Å²) in [7, 11) is 4.12. The van der Waals surface area contributed by atoms with Gasteiger partial charge < -0.3 is 15.5 Å². The predicted molar refractivity (Wildman–Crippen MR) is 78.8 cm³/mol. The molecule has 0 saturated carbocycles. The summed E-state index contributed by atoms with van der Waals surface area (Å²) in [6.45, 7) is 1.91. The number of hydrogen-bond acceptors (Lipinski definition) is 2. The van der Waals surface area contributed by atoms with Gasteiger partial charge in [0.2, 0.25) is 0 Å². The van der Waals surface area contributed by atoms with E-state index in [4.69, 9.17) is 23.8 Å². The van der Waals surface area contributed by atoms with E-state index in [1.54, 1.807) is 0 Å². The van der Waals surface area contributed by atoms with Gasteiger partial charge in [0.25, 0.3) is 0 Å². The molecule has 0 bridgehead atoms. The largest absolute Gasteiger partial charge is 0.362 e. The van der Waals surface area contributed by atoms with E-state index >= 15 is 0 Å². The second kappa shape index (κ2) is 7.48. The van der Waals surface area contributed by atoms with Gasteiger partial charge in [-0.3, -0.25) is 0 Å². The number of benzene rings is 1. The first-order valence-corrected chi connectivity index (χ1v) is 6.31. The molecule has 1 rings (SSSR count). The number of rotatable bonds is 5. The van der Waals surface area contributed by atoms with Crippen LogP contribution in [0.15, 0.2) is 24.3 Å². The highest BCUT2D eigenvalue weighted by atomic mass is 35.5. The van der Waals surface area contributed by atoms with Crippen molar-refractivity contribution in [2.45, 2.75) is 6.42 Å². The molecule has 1 aromatic rings. The number of anilines is 1. The lowest BCUT2D eigenvalue weighted by molar-refractivity contribution is 0.400. The van der Waals surface area contributed by atoms with Gasteiger partial charge in [0, 0.05) is 17.3 Å². The molecule has 0 heterocycles. The highest BCUT2D eigenvalue weighted by Crippen LogP contribution is 2.14. The molecule has 0 aliphatic carbocycles. The van der Waals surface area contributed by atoms with Crippen molar-refractivity contribution in [1.82, 2.24) is 10.2 Å². The quantitative estimate of drug-likeness (QED) is 0.636. The fourth-order valence-corrected chi connectivity index (χ4v) is 1.75. The van der Waals surface area contributed by atoms with Crippen LogP contribution in [0.3, 0.4) is 0 Å². The van der Waals surface area contributed by atoms with Gasteiger partial charge in [-0.1, -0.05) is 17.7 Å². The summed E-state index contributed by atoms with van der Waals surface area (Å²) in [6.07, 6.45) is 1.06. The maximum atomic E-state index is 5.88. The van der Waals surface area contributed by atoms with Crippen LogP contribution in [-0.2, 0) is 0 Å². The van der Waals surface area contributed by atoms with Crippen LogP contribution in [0.5, 0.6) is 0 Å². The van der Waals surface area contributed by atoms with Gasteiger partial charge in [0.1, 0.15) is 0 Å². The summed E-state index contributed by atoms with van der Waals surface area (Å²) in [6, 6.07) is 7.49. The minimum atomic E-state index is 0.631. The van der Waals surface area contributed by atoms with Crippen LogP contribution < -0.4 is 10.6 Å². The second-order valence-corrected chi connectivity index (χ2v) is 4.89. The number of nitrogens with one attached hydrogen (secondary N) is 2. The summed E-state index contributed by atoms with van der Waals surface area (Å²) < 4.78 is 0. The summed E-state index contributed by atoms with van der Waals surface area (Å²) >= 11 is 11.1. The van der Waals surface area contributed by atoms with E-state index in [0.29, 0.717) is 10.1 Å². The summed E-state index contributed by atoms with van der Waals surface area (Å²) in [5, 5.41) is 7.58. The molecule has 5 heteroatoms. The van der Waals surface area contributed by atoms with Gasteiger partial charge in [0.05, 0.1) is 0 Å². The summed E-state index contributed by atoms with van der Waals surface area (Å²) in [5.41, 5.74) is 0.905. The Hall–Kier alpha value is -0.840. The van der Waals surface area contributed by atoms with Crippen LogP contribution in [0.25, 0.3) is 0 Å². The van der Waals surface area contributed by atoms with E-state index in [9.17, 15) is 0 Å². The number of thiocarbonyl (C=S) groups is 1. The Morgan fingerprint density at radius 2 is 2.18 bits per heavy atom. The van der Waals surface area contributed by atoms with Gasteiger partial charge in [-0.25, -0.2) is 0 Å². The third-order valence-electron chi connectivity index (χ3n) is 2.15. The van der Waals surface area contributed by atoms with Crippen LogP contribution in [0.2, 0.25) is 5.02 Å². The minimum Gasteiger partial charge on any atom is -0.362 e. The zero-order valence-electron chi connectivity index (χ0n) is 10.2. The molecule has 17 heavy (non-hydrogen) atoms. The van der Waals surface area contributed by atoms with Crippen molar-refractivity contribution in [3.8, 4) is 0 Å². The standard InChI is InChI=1S/C12H18ClN3S/c1-16(2)8-4-7-14-12(17)15-11-6-3-5-10(13)9-11/h3,5-6,9H,4,7-8H2,1-2H3,(H2,14,15,17). The van der Waals surface area contributed by atoms with Crippen molar-refractivity contribution in [3.05, 3.63) is 29.3 Å². The van der Waals surface area contributed by atoms with Crippen LogP contribution in [0, 0.1) is 0 Å². The first kappa shape index (κ1) is 14.2. The van der Waals surface area contributed by atoms with Gasteiger partial charge in [0.15, 0.2) is 5.11 Å². The van der Waals surface area contributed by atoms with Crippen molar-refractivity contribution in [2.24, 2.45) is 0 Å². The third-order valence-corrected chi connectivity index (χ3v) is 2.63. The van der Waals surface area contributed by atoms with Crippen molar-refractivity contribution >= 4 is 34.6 Å². The molecule has 3 nitrogen and oxygen atoms in total. The van der Waals surface area contributed by atoms with Crippen molar-refractivity contribution < 1.29 is 0 Å². The lowest BCUT2D eigenvalue weighted by Gasteiger charge is -2.12. The minimum absolute atomic E-state index is 0.631. The van der Waals surface area contributed by atoms with Gasteiger partial charge in [-0.05, 0) is 57.5 Å². The Labute approximate surface area is 113 Å². The van der Waals surface area contributed by atoms with Crippen LogP contribution in [0.4, 0.5) is 5.69 Å². The second-order valence-electron chi connectivity index (χ2n) is 4.05. The normalized spacial score (nSPS) is 10.4. The topological polar surface area (TPSA) is 27.3 Å². The fourth-order valence-electron chi connectivity index (χ4n) is 1.34. The Balaban J connectivity index is 2.25. The molecule has 0 radical (unpaired) electrons. The van der Waals surface area contributed by atoms with E-state index in [-0.39, 0.29) is 0 Å². The van der Waals surface area contributed by atoms with Gasteiger partial charge in [-0.2, -0.15) is 0 Å². The average Bonchev–Trinajstić information content (AvgIpc) is 2.24. The zero-order chi connectivity index (χ0) is 12.7. The first-order chi connectivity index (χ1) is 8.08. The van der Waals surface area contributed by atoms with Crippen molar-refractivity contribution in [3.63, 3.8) is 0 Å². The van der Waals surface area contributed by atoms with Gasteiger partial charge >= 0.3 is 0 Å².